The maximum Gasteiger partial charge on any atom is 0.347 e. The van der Waals surface area contributed by atoms with Crippen molar-refractivity contribution in [2.75, 3.05) is 0 Å². The molecule has 0 saturated heterocycles. The van der Waals surface area contributed by atoms with Crippen molar-refractivity contribution in [3.8, 4) is 0 Å². The molecule has 0 bridgehead atoms. The first-order valence-electron chi connectivity index (χ1n) is 3.10. The molecule has 0 amide bonds. The highest BCUT2D eigenvalue weighted by Gasteiger charge is 2.03. The van der Waals surface area contributed by atoms with Crippen LogP contribution in [0.3, 0.4) is 0 Å². The number of rotatable bonds is 0. The Morgan fingerprint density at radius 1 is 1.67 bits per heavy atom. The molecule has 62 valence electrons. The lowest BCUT2D eigenvalue weighted by Gasteiger charge is -1.94. The SMILES string of the molecule is O=c1[nH]nc2cc(I)c(Cl)cn12. The van der Waals surface area contributed by atoms with Crippen LogP contribution in [0.5, 0.6) is 0 Å². The molecule has 2 rings (SSSR count). The summed E-state index contributed by atoms with van der Waals surface area (Å²) in [4.78, 5) is 11.0. The van der Waals surface area contributed by atoms with Crippen LogP contribution in [0.4, 0.5) is 0 Å². The van der Waals surface area contributed by atoms with Gasteiger partial charge >= 0.3 is 5.69 Å². The second-order valence-corrected chi connectivity index (χ2v) is 3.80. The average molecular weight is 295 g/mol. The van der Waals surface area contributed by atoms with E-state index in [0.717, 1.165) is 3.57 Å². The molecule has 12 heavy (non-hydrogen) atoms. The normalized spacial score (nSPS) is 10.8. The van der Waals surface area contributed by atoms with E-state index in [1.165, 1.54) is 4.40 Å². The molecule has 4 nitrogen and oxygen atoms in total. The van der Waals surface area contributed by atoms with E-state index in [2.05, 4.69) is 32.8 Å². The highest BCUT2D eigenvalue weighted by atomic mass is 127. The third kappa shape index (κ3) is 1.13. The van der Waals surface area contributed by atoms with Gasteiger partial charge in [0.15, 0.2) is 5.65 Å². The second-order valence-electron chi connectivity index (χ2n) is 2.23. The van der Waals surface area contributed by atoms with Crippen molar-refractivity contribution in [3.63, 3.8) is 0 Å². The maximum absolute atomic E-state index is 11.0. The van der Waals surface area contributed by atoms with E-state index < -0.39 is 0 Å². The lowest BCUT2D eigenvalue weighted by Crippen LogP contribution is -2.08. The first-order chi connectivity index (χ1) is 5.68. The van der Waals surface area contributed by atoms with Crippen molar-refractivity contribution in [1.82, 2.24) is 14.6 Å². The number of aromatic amines is 1. The minimum Gasteiger partial charge on any atom is -0.249 e. The predicted molar refractivity (Wildman–Crippen MR) is 53.5 cm³/mol. The lowest BCUT2D eigenvalue weighted by atomic mass is 10.5. The van der Waals surface area contributed by atoms with Crippen molar-refractivity contribution in [2.45, 2.75) is 0 Å². The largest absolute Gasteiger partial charge is 0.347 e. The van der Waals surface area contributed by atoms with Crippen molar-refractivity contribution in [2.24, 2.45) is 0 Å². The number of hydrogen-bond donors (Lipinski definition) is 1. The van der Waals surface area contributed by atoms with Crippen molar-refractivity contribution < 1.29 is 0 Å². The predicted octanol–water partition coefficient (Wildman–Crippen LogP) is 1.28. The summed E-state index contributed by atoms with van der Waals surface area (Å²) >= 11 is 7.89. The Morgan fingerprint density at radius 3 is 3.17 bits per heavy atom. The monoisotopic (exact) mass is 295 g/mol. The molecule has 2 heterocycles. The van der Waals surface area contributed by atoms with Gasteiger partial charge in [-0.2, -0.15) is 5.10 Å². The first kappa shape index (κ1) is 8.06. The molecule has 0 aliphatic carbocycles. The summed E-state index contributed by atoms with van der Waals surface area (Å²) in [7, 11) is 0. The van der Waals surface area contributed by atoms with E-state index in [1.807, 2.05) is 0 Å². The van der Waals surface area contributed by atoms with Gasteiger partial charge in [-0.3, -0.25) is 0 Å². The second kappa shape index (κ2) is 2.74. The van der Waals surface area contributed by atoms with Crippen LogP contribution in [0, 0.1) is 3.57 Å². The highest BCUT2D eigenvalue weighted by Crippen LogP contribution is 2.17. The Bertz CT molecular complexity index is 489. The molecule has 2 aromatic heterocycles. The molecule has 0 radical (unpaired) electrons. The summed E-state index contributed by atoms with van der Waals surface area (Å²) < 4.78 is 2.24. The smallest absolute Gasteiger partial charge is 0.249 e. The van der Waals surface area contributed by atoms with Crippen LogP contribution >= 0.6 is 34.2 Å². The summed E-state index contributed by atoms with van der Waals surface area (Å²) in [6.45, 7) is 0. The fourth-order valence-corrected chi connectivity index (χ4v) is 1.47. The number of H-pyrrole nitrogens is 1. The molecule has 0 spiro atoms. The molecule has 0 aliphatic heterocycles. The molecule has 2 aromatic rings. The molecule has 1 N–H and O–H groups in total. The van der Waals surface area contributed by atoms with Gasteiger partial charge in [-0.15, -0.1) is 0 Å². The maximum atomic E-state index is 11.0. The van der Waals surface area contributed by atoms with Gasteiger partial charge in [-0.1, -0.05) is 11.6 Å². The molecule has 0 atom stereocenters. The van der Waals surface area contributed by atoms with Crippen LogP contribution in [-0.4, -0.2) is 14.6 Å². The zero-order chi connectivity index (χ0) is 8.72. The van der Waals surface area contributed by atoms with Gasteiger partial charge in [-0.25, -0.2) is 14.3 Å². The molecule has 6 heteroatoms. The minimum absolute atomic E-state index is 0.275. The van der Waals surface area contributed by atoms with Gasteiger partial charge in [0.05, 0.1) is 5.02 Å². The molecule has 0 saturated carbocycles. The van der Waals surface area contributed by atoms with E-state index >= 15 is 0 Å². The quantitative estimate of drug-likeness (QED) is 0.744. The first-order valence-corrected chi connectivity index (χ1v) is 4.56. The fourth-order valence-electron chi connectivity index (χ4n) is 0.901. The standard InChI is InChI=1S/C6H3ClIN3O/c7-3-2-11-5(1-4(3)8)9-10-6(11)12/h1-2H,(H,10,12). The van der Waals surface area contributed by atoms with Crippen molar-refractivity contribution in [3.05, 3.63) is 31.3 Å². The van der Waals surface area contributed by atoms with E-state index in [9.17, 15) is 4.79 Å². The summed E-state index contributed by atoms with van der Waals surface area (Å²) in [5.74, 6) is 0. The van der Waals surface area contributed by atoms with Gasteiger partial charge in [0.25, 0.3) is 0 Å². The van der Waals surface area contributed by atoms with E-state index in [1.54, 1.807) is 12.3 Å². The molecule has 0 unspecified atom stereocenters. The zero-order valence-electron chi connectivity index (χ0n) is 5.71. The van der Waals surface area contributed by atoms with E-state index in [0.29, 0.717) is 10.7 Å². The van der Waals surface area contributed by atoms with E-state index in [4.69, 9.17) is 11.6 Å². The van der Waals surface area contributed by atoms with Gasteiger partial charge in [-0.05, 0) is 28.7 Å². The Balaban J connectivity index is 2.97. The summed E-state index contributed by atoms with van der Waals surface area (Å²) in [5, 5.41) is 6.66. The Hall–Kier alpha value is -0.560. The van der Waals surface area contributed by atoms with Gasteiger partial charge in [0.1, 0.15) is 0 Å². The topological polar surface area (TPSA) is 50.2 Å². The summed E-state index contributed by atoms with van der Waals surface area (Å²) in [5.41, 5.74) is 0.303. The molecule has 0 aliphatic rings. The van der Waals surface area contributed by atoms with Gasteiger partial charge in [0, 0.05) is 9.77 Å². The average Bonchev–Trinajstić information content (AvgIpc) is 2.35. The number of hydrogen-bond acceptors (Lipinski definition) is 2. The third-order valence-electron chi connectivity index (χ3n) is 1.46. The van der Waals surface area contributed by atoms with Gasteiger partial charge in [0.2, 0.25) is 0 Å². The number of fused-ring (bicyclic) bond motifs is 1. The van der Waals surface area contributed by atoms with Crippen molar-refractivity contribution in [1.29, 1.82) is 0 Å². The van der Waals surface area contributed by atoms with Crippen molar-refractivity contribution >= 4 is 39.8 Å². The van der Waals surface area contributed by atoms with E-state index in [-0.39, 0.29) is 5.69 Å². The van der Waals surface area contributed by atoms with Gasteiger partial charge < -0.3 is 0 Å². The van der Waals surface area contributed by atoms with Crippen LogP contribution in [0.15, 0.2) is 17.1 Å². The number of nitrogens with one attached hydrogen (secondary N) is 1. The third-order valence-corrected chi connectivity index (χ3v) is 2.97. The molecule has 0 aromatic carbocycles. The molecular formula is C6H3ClIN3O. The van der Waals surface area contributed by atoms with Crippen LogP contribution in [0.2, 0.25) is 5.02 Å². The summed E-state index contributed by atoms with van der Waals surface area (Å²) in [6, 6.07) is 1.74. The fraction of sp³-hybridized carbons (Fsp3) is 0. The minimum atomic E-state index is -0.275. The summed E-state index contributed by atoms with van der Waals surface area (Å²) in [6.07, 6.45) is 1.55. The highest BCUT2D eigenvalue weighted by molar-refractivity contribution is 14.1. The Kier molecular flexibility index (Phi) is 1.84. The molecule has 0 fully saturated rings. The molecular weight excluding hydrogens is 292 g/mol. The van der Waals surface area contributed by atoms with Crippen LogP contribution in [0.1, 0.15) is 0 Å². The number of nitrogens with zero attached hydrogens (tertiary/aromatic N) is 2. The van der Waals surface area contributed by atoms with Crippen LogP contribution in [0.25, 0.3) is 5.65 Å². The Labute approximate surface area is 85.7 Å². The van der Waals surface area contributed by atoms with Crippen LogP contribution in [-0.2, 0) is 0 Å². The number of aromatic nitrogens is 3. The number of pyridine rings is 1. The number of halogens is 2. The zero-order valence-corrected chi connectivity index (χ0v) is 8.63. The van der Waals surface area contributed by atoms with Crippen LogP contribution < -0.4 is 5.69 Å². The lowest BCUT2D eigenvalue weighted by molar-refractivity contribution is 1.02. The Morgan fingerprint density at radius 2 is 2.42 bits per heavy atom.